The van der Waals surface area contributed by atoms with E-state index in [1.54, 1.807) is 0 Å². The first kappa shape index (κ1) is 21.2. The van der Waals surface area contributed by atoms with Crippen molar-refractivity contribution in [2.75, 3.05) is 19.8 Å². The minimum absolute atomic E-state index is 0.584. The van der Waals surface area contributed by atoms with Gasteiger partial charge in [0.25, 0.3) is 0 Å². The molecule has 0 aromatic heterocycles. The molecule has 5 heteroatoms. The fraction of sp³-hybridized carbons (Fsp3) is 0.684. The summed E-state index contributed by atoms with van der Waals surface area (Å²) in [6.07, 6.45) is 7.49. The Balaban J connectivity index is 2.75. The van der Waals surface area contributed by atoms with Gasteiger partial charge in [-0.2, -0.15) is 0 Å². The van der Waals surface area contributed by atoms with Gasteiger partial charge in [-0.3, -0.25) is 0 Å². The molecule has 1 rings (SSSR count). The molecule has 0 saturated carbocycles. The highest BCUT2D eigenvalue weighted by molar-refractivity contribution is 6.54. The highest BCUT2D eigenvalue weighted by atomic mass is 28.4. The first-order chi connectivity index (χ1) is 11.8. The molecule has 0 amide bonds. The van der Waals surface area contributed by atoms with Crippen molar-refractivity contribution < 1.29 is 17.7 Å². The quantitative estimate of drug-likeness (QED) is 0.315. The van der Waals surface area contributed by atoms with E-state index in [0.717, 1.165) is 50.7 Å². The molecule has 24 heavy (non-hydrogen) atoms. The maximum Gasteiger partial charge on any atom is 0.749 e. The van der Waals surface area contributed by atoms with Gasteiger partial charge in [-0.05, 0) is 31.4 Å². The molecule has 0 heterocycles. The molecule has 1 aromatic rings. The number of para-hydroxylation sites is 1. The van der Waals surface area contributed by atoms with Crippen molar-refractivity contribution in [2.24, 2.45) is 0 Å². The summed E-state index contributed by atoms with van der Waals surface area (Å²) < 4.78 is 24.3. The number of hydrogen-bond acceptors (Lipinski definition) is 4. The Morgan fingerprint density at radius 3 is 1.71 bits per heavy atom. The van der Waals surface area contributed by atoms with Crippen LogP contribution < -0.4 is 4.43 Å². The van der Waals surface area contributed by atoms with Crippen LogP contribution in [0.3, 0.4) is 0 Å². The van der Waals surface area contributed by atoms with Crippen LogP contribution in [0.1, 0.15) is 65.7 Å². The zero-order valence-electron chi connectivity index (χ0n) is 15.6. The second-order valence-electron chi connectivity index (χ2n) is 5.87. The predicted octanol–water partition coefficient (Wildman–Crippen LogP) is 5.34. The van der Waals surface area contributed by atoms with E-state index in [-0.39, 0.29) is 0 Å². The van der Waals surface area contributed by atoms with Crippen LogP contribution in [0, 0.1) is 0 Å². The fourth-order valence-corrected chi connectivity index (χ4v) is 4.27. The Morgan fingerprint density at radius 1 is 0.667 bits per heavy atom. The third-order valence-electron chi connectivity index (χ3n) is 3.52. The molecule has 0 aliphatic heterocycles. The van der Waals surface area contributed by atoms with Crippen molar-refractivity contribution in [3.05, 3.63) is 30.3 Å². The molecule has 0 spiro atoms. The van der Waals surface area contributed by atoms with Gasteiger partial charge in [-0.1, -0.05) is 64.7 Å². The van der Waals surface area contributed by atoms with Crippen molar-refractivity contribution in [3.63, 3.8) is 0 Å². The highest BCUT2D eigenvalue weighted by Gasteiger charge is 2.48. The van der Waals surface area contributed by atoms with Gasteiger partial charge in [0, 0.05) is 19.8 Å². The van der Waals surface area contributed by atoms with Crippen LogP contribution >= 0.6 is 0 Å². The lowest BCUT2D eigenvalue weighted by Crippen LogP contribution is -2.52. The Bertz CT molecular complexity index is 388. The Labute approximate surface area is 149 Å². The van der Waals surface area contributed by atoms with E-state index in [1.165, 1.54) is 0 Å². The Kier molecular flexibility index (Phi) is 11.8. The highest BCUT2D eigenvalue weighted by Crippen LogP contribution is 2.20. The first-order valence-electron chi connectivity index (χ1n) is 9.42. The molecule has 0 radical (unpaired) electrons. The Hall–Kier alpha value is -0.883. The molecule has 0 unspecified atom stereocenters. The Morgan fingerprint density at radius 2 is 1.21 bits per heavy atom. The van der Waals surface area contributed by atoms with Crippen molar-refractivity contribution >= 4 is 9.05 Å². The van der Waals surface area contributed by atoms with Crippen LogP contribution in [0.4, 0.5) is 0 Å². The number of rotatable bonds is 15. The molecule has 138 valence electrons. The van der Waals surface area contributed by atoms with Crippen molar-refractivity contribution in [1.29, 1.82) is 0 Å². The average molecular weight is 355 g/mol. The van der Waals surface area contributed by atoms with Gasteiger partial charge in [0.2, 0.25) is 0 Å². The van der Waals surface area contributed by atoms with Crippen molar-refractivity contribution in [3.8, 4) is 5.75 Å². The normalized spacial score (nSPS) is 11.6. The van der Waals surface area contributed by atoms with E-state index < -0.39 is 9.05 Å². The van der Waals surface area contributed by atoms with Crippen LogP contribution in [0.25, 0.3) is 0 Å². The van der Waals surface area contributed by atoms with E-state index in [9.17, 15) is 0 Å². The topological polar surface area (TPSA) is 36.9 Å². The van der Waals surface area contributed by atoms with E-state index in [0.29, 0.717) is 19.8 Å². The summed E-state index contributed by atoms with van der Waals surface area (Å²) in [5, 5.41) is 0. The molecule has 4 nitrogen and oxygen atoms in total. The second kappa shape index (κ2) is 13.4. The molecule has 0 atom stereocenters. The maximum atomic E-state index is 6.14. The van der Waals surface area contributed by atoms with Gasteiger partial charge in [0.1, 0.15) is 5.75 Å². The summed E-state index contributed by atoms with van der Waals surface area (Å²) in [5.41, 5.74) is 0. The van der Waals surface area contributed by atoms with E-state index in [2.05, 4.69) is 20.8 Å². The molecule has 1 aromatic carbocycles. The van der Waals surface area contributed by atoms with Gasteiger partial charge >= 0.3 is 9.05 Å². The van der Waals surface area contributed by atoms with Crippen molar-refractivity contribution in [2.45, 2.75) is 65.7 Å². The monoisotopic (exact) mass is 354 g/mol. The number of unbranched alkanes of at least 4 members (excludes halogenated alkanes) is 4. The molecular formula is C19H34O4Si. The van der Waals surface area contributed by atoms with Crippen LogP contribution in [0.2, 0.25) is 0 Å². The number of hydrogen-bond donors (Lipinski definition) is 0. The minimum atomic E-state index is -3.16. The molecular weight excluding hydrogens is 320 g/mol. The summed E-state index contributed by atoms with van der Waals surface area (Å²) in [5.74, 6) is 0.742. The summed E-state index contributed by atoms with van der Waals surface area (Å²) in [4.78, 5) is 0. The predicted molar refractivity (Wildman–Crippen MR) is 100 cm³/mol. The maximum absolute atomic E-state index is 6.14. The zero-order chi connectivity index (χ0) is 17.5. The molecule has 0 bridgehead atoms. The third-order valence-corrected chi connectivity index (χ3v) is 5.68. The molecule has 0 fully saturated rings. The third kappa shape index (κ3) is 8.83. The fourth-order valence-electron chi connectivity index (χ4n) is 2.17. The van der Waals surface area contributed by atoms with Gasteiger partial charge < -0.3 is 17.7 Å². The summed E-state index contributed by atoms with van der Waals surface area (Å²) >= 11 is 0. The van der Waals surface area contributed by atoms with E-state index in [4.69, 9.17) is 17.7 Å². The lowest BCUT2D eigenvalue weighted by molar-refractivity contribution is -0.00136. The molecule has 0 saturated heterocycles. The second-order valence-corrected chi connectivity index (χ2v) is 7.94. The van der Waals surface area contributed by atoms with Crippen molar-refractivity contribution in [1.82, 2.24) is 0 Å². The van der Waals surface area contributed by atoms with Crippen LogP contribution in [-0.4, -0.2) is 28.9 Å². The van der Waals surface area contributed by atoms with Gasteiger partial charge in [-0.15, -0.1) is 0 Å². The van der Waals surface area contributed by atoms with Crippen LogP contribution in [0.5, 0.6) is 5.75 Å². The molecule has 0 N–H and O–H groups in total. The SMILES string of the molecule is CCCCCO[Si](OCCC)(OCCCCC)Oc1ccccc1. The lowest BCUT2D eigenvalue weighted by Gasteiger charge is -2.28. The van der Waals surface area contributed by atoms with E-state index in [1.807, 2.05) is 30.3 Å². The summed E-state index contributed by atoms with van der Waals surface area (Å²) in [7, 11) is -3.16. The largest absolute Gasteiger partial charge is 0.749 e. The minimum Gasteiger partial charge on any atom is -0.480 e. The average Bonchev–Trinajstić information content (AvgIpc) is 2.61. The summed E-state index contributed by atoms with van der Waals surface area (Å²) in [6, 6.07) is 9.70. The van der Waals surface area contributed by atoms with Gasteiger partial charge in [0.05, 0.1) is 0 Å². The molecule has 0 aliphatic carbocycles. The smallest absolute Gasteiger partial charge is 0.480 e. The molecule has 0 aliphatic rings. The van der Waals surface area contributed by atoms with Gasteiger partial charge in [-0.25, -0.2) is 0 Å². The first-order valence-corrected chi connectivity index (χ1v) is 11.1. The standard InChI is InChI=1S/C19H34O4Si/c1-4-7-12-17-21-24(20-16-6-3,22-18-13-8-5-2)23-19-14-10-9-11-15-19/h9-11,14-15H,4-8,12-13,16-18H2,1-3H3. The van der Waals surface area contributed by atoms with Crippen LogP contribution in [0.15, 0.2) is 30.3 Å². The zero-order valence-corrected chi connectivity index (χ0v) is 16.6. The van der Waals surface area contributed by atoms with Crippen LogP contribution in [-0.2, 0) is 13.3 Å². The number of benzene rings is 1. The summed E-state index contributed by atoms with van der Waals surface area (Å²) in [6.45, 7) is 8.26. The lowest BCUT2D eigenvalue weighted by atomic mass is 10.3. The van der Waals surface area contributed by atoms with Gasteiger partial charge in [0.15, 0.2) is 0 Å². The van der Waals surface area contributed by atoms with E-state index >= 15 is 0 Å².